The maximum atomic E-state index is 13.9. The molecule has 2 aromatic rings. The van der Waals surface area contributed by atoms with Crippen molar-refractivity contribution >= 4 is 5.97 Å². The van der Waals surface area contributed by atoms with Gasteiger partial charge in [0.1, 0.15) is 31.3 Å². The Bertz CT molecular complexity index is 945. The maximum absolute atomic E-state index is 13.9. The fourth-order valence-corrected chi connectivity index (χ4v) is 6.51. The Balaban J connectivity index is 1.26. The highest BCUT2D eigenvalue weighted by molar-refractivity contribution is 5.83. The van der Waals surface area contributed by atoms with Crippen molar-refractivity contribution in [3.8, 4) is 5.75 Å². The van der Waals surface area contributed by atoms with Crippen LogP contribution in [0.1, 0.15) is 56.9 Å². The van der Waals surface area contributed by atoms with Crippen LogP contribution in [0, 0.1) is 11.7 Å². The van der Waals surface area contributed by atoms with Gasteiger partial charge < -0.3 is 14.0 Å². The smallest absolute Gasteiger partial charge is 0.317 e. The number of quaternary nitrogens is 1. The number of nitrogens with zero attached hydrogens (tertiary/aromatic N) is 1. The van der Waals surface area contributed by atoms with Gasteiger partial charge in [-0.3, -0.25) is 4.79 Å². The molecule has 3 heterocycles. The number of hydrogen-bond donors (Lipinski definition) is 0. The van der Waals surface area contributed by atoms with Crippen LogP contribution in [-0.4, -0.2) is 49.3 Å². The summed E-state index contributed by atoms with van der Waals surface area (Å²) in [4.78, 5) is 13.9. The molecule has 4 fully saturated rings. The van der Waals surface area contributed by atoms with E-state index in [2.05, 4.69) is 12.1 Å². The minimum Gasteiger partial charge on any atom is -0.488 e. The highest BCUT2D eigenvalue weighted by atomic mass is 19.1. The van der Waals surface area contributed by atoms with Crippen LogP contribution in [0.3, 0.4) is 0 Å². The summed E-state index contributed by atoms with van der Waals surface area (Å²) >= 11 is 0. The molecule has 0 N–H and O–H groups in total. The topological polar surface area (TPSA) is 35.5 Å². The van der Waals surface area contributed by atoms with Crippen LogP contribution < -0.4 is 4.74 Å². The lowest BCUT2D eigenvalue weighted by Crippen LogP contribution is -2.65. The molecular formula is C29H37FNO3+. The van der Waals surface area contributed by atoms with Gasteiger partial charge in [-0.25, -0.2) is 4.39 Å². The van der Waals surface area contributed by atoms with Crippen molar-refractivity contribution in [1.82, 2.24) is 0 Å². The van der Waals surface area contributed by atoms with Gasteiger partial charge in [0.25, 0.3) is 0 Å². The second-order valence-corrected chi connectivity index (χ2v) is 10.6. The van der Waals surface area contributed by atoms with Crippen LogP contribution in [0.5, 0.6) is 5.75 Å². The molecule has 2 bridgehead atoms. The molecule has 6 rings (SSSR count). The van der Waals surface area contributed by atoms with Crippen molar-refractivity contribution in [2.45, 2.75) is 62.9 Å². The molecule has 182 valence electrons. The Hall–Kier alpha value is -2.40. The lowest BCUT2D eigenvalue weighted by Gasteiger charge is -2.52. The SMILES string of the molecule is O=C(OC1C[N+]2(CCOc3ccc(F)cc3)CCC1CC2)C1(c2ccccc2)CCCCCC1. The molecule has 0 amide bonds. The van der Waals surface area contributed by atoms with Gasteiger partial charge in [0.05, 0.1) is 18.5 Å². The van der Waals surface area contributed by atoms with E-state index < -0.39 is 5.41 Å². The molecule has 1 atom stereocenters. The van der Waals surface area contributed by atoms with E-state index in [1.165, 1.54) is 25.0 Å². The van der Waals surface area contributed by atoms with Gasteiger partial charge in [-0.1, -0.05) is 56.0 Å². The average molecular weight is 467 g/mol. The lowest BCUT2D eigenvalue weighted by atomic mass is 9.74. The highest BCUT2D eigenvalue weighted by Crippen LogP contribution is 2.42. The first kappa shape index (κ1) is 23.3. The predicted octanol–water partition coefficient (Wildman–Crippen LogP) is 5.65. The second kappa shape index (κ2) is 10.1. The van der Waals surface area contributed by atoms with E-state index >= 15 is 0 Å². The average Bonchev–Trinajstić information content (AvgIpc) is 3.14. The Morgan fingerprint density at radius 1 is 0.941 bits per heavy atom. The number of carbonyl (C=O) groups is 1. The van der Waals surface area contributed by atoms with Crippen molar-refractivity contribution in [2.24, 2.45) is 5.92 Å². The van der Waals surface area contributed by atoms with Gasteiger partial charge in [-0.05, 0) is 42.7 Å². The third kappa shape index (κ3) is 4.86. The van der Waals surface area contributed by atoms with E-state index in [1.807, 2.05) is 18.2 Å². The van der Waals surface area contributed by atoms with Gasteiger partial charge in [-0.2, -0.15) is 0 Å². The molecule has 1 unspecified atom stereocenters. The summed E-state index contributed by atoms with van der Waals surface area (Å²) in [5.41, 5.74) is 0.625. The van der Waals surface area contributed by atoms with Crippen molar-refractivity contribution < 1.29 is 23.1 Å². The number of rotatable bonds is 7. The Kier molecular flexibility index (Phi) is 6.91. The zero-order valence-corrected chi connectivity index (χ0v) is 20.1. The zero-order chi connectivity index (χ0) is 23.4. The second-order valence-electron chi connectivity index (χ2n) is 10.6. The minimum absolute atomic E-state index is 0.0000576. The minimum atomic E-state index is -0.500. The number of esters is 1. The fraction of sp³-hybridized carbons (Fsp3) is 0.552. The lowest BCUT2D eigenvalue weighted by molar-refractivity contribution is -0.946. The number of piperidine rings is 3. The predicted molar refractivity (Wildman–Crippen MR) is 130 cm³/mol. The number of fused-ring (bicyclic) bond motifs is 3. The summed E-state index contributed by atoms with van der Waals surface area (Å²) < 4.78 is 26.5. The third-order valence-electron chi connectivity index (χ3n) is 8.62. The molecule has 0 aromatic heterocycles. The van der Waals surface area contributed by atoms with Crippen LogP contribution in [0.4, 0.5) is 4.39 Å². The van der Waals surface area contributed by atoms with Gasteiger partial charge in [0.2, 0.25) is 0 Å². The Morgan fingerprint density at radius 2 is 1.62 bits per heavy atom. The Labute approximate surface area is 202 Å². The molecule has 1 saturated carbocycles. The van der Waals surface area contributed by atoms with Gasteiger partial charge in [0.15, 0.2) is 6.10 Å². The molecule has 4 aliphatic rings. The first-order valence-electron chi connectivity index (χ1n) is 13.1. The van der Waals surface area contributed by atoms with Crippen molar-refractivity contribution in [2.75, 3.05) is 32.8 Å². The summed E-state index contributed by atoms with van der Waals surface area (Å²) in [7, 11) is 0. The third-order valence-corrected chi connectivity index (χ3v) is 8.62. The summed E-state index contributed by atoms with van der Waals surface area (Å²) in [6.07, 6.45) is 8.53. The number of halogens is 1. The quantitative estimate of drug-likeness (QED) is 0.301. The summed E-state index contributed by atoms with van der Waals surface area (Å²) in [5.74, 6) is 0.923. The van der Waals surface area contributed by atoms with E-state index in [9.17, 15) is 9.18 Å². The largest absolute Gasteiger partial charge is 0.488 e. The van der Waals surface area contributed by atoms with E-state index in [0.717, 1.165) is 74.8 Å². The molecule has 2 aromatic carbocycles. The standard InChI is InChI=1S/C29H37FNO3/c30-25-10-12-26(13-11-25)33-21-20-31-18-14-23(15-19-31)27(22-31)34-28(32)29(16-6-1-2-7-17-29)24-8-4-3-5-9-24/h3-5,8-13,23,27H,1-2,6-7,14-22H2/q+1. The first-order chi connectivity index (χ1) is 16.6. The fourth-order valence-electron chi connectivity index (χ4n) is 6.51. The molecule has 3 saturated heterocycles. The van der Waals surface area contributed by atoms with Crippen LogP contribution in [0.15, 0.2) is 54.6 Å². The number of ether oxygens (including phenoxy) is 2. The number of benzene rings is 2. The zero-order valence-electron chi connectivity index (χ0n) is 20.1. The molecule has 3 aliphatic heterocycles. The van der Waals surface area contributed by atoms with E-state index in [-0.39, 0.29) is 17.9 Å². The number of carbonyl (C=O) groups excluding carboxylic acids is 1. The number of hydrogen-bond acceptors (Lipinski definition) is 3. The van der Waals surface area contributed by atoms with Gasteiger partial charge >= 0.3 is 5.97 Å². The first-order valence-corrected chi connectivity index (χ1v) is 13.1. The van der Waals surface area contributed by atoms with Crippen LogP contribution >= 0.6 is 0 Å². The van der Waals surface area contributed by atoms with E-state index in [4.69, 9.17) is 9.47 Å². The van der Waals surface area contributed by atoms with Crippen molar-refractivity contribution in [3.05, 3.63) is 66.0 Å². The normalized spacial score (nSPS) is 28.1. The summed E-state index contributed by atoms with van der Waals surface area (Å²) in [5, 5.41) is 0. The van der Waals surface area contributed by atoms with Crippen LogP contribution in [-0.2, 0) is 14.9 Å². The molecule has 5 heteroatoms. The summed E-state index contributed by atoms with van der Waals surface area (Å²) in [6, 6.07) is 16.6. The van der Waals surface area contributed by atoms with Crippen LogP contribution in [0.25, 0.3) is 0 Å². The molecule has 34 heavy (non-hydrogen) atoms. The molecular weight excluding hydrogens is 429 g/mol. The molecule has 0 radical (unpaired) electrons. The van der Waals surface area contributed by atoms with Crippen LogP contribution in [0.2, 0.25) is 0 Å². The highest BCUT2D eigenvalue weighted by Gasteiger charge is 2.50. The van der Waals surface area contributed by atoms with E-state index in [0.29, 0.717) is 18.3 Å². The van der Waals surface area contributed by atoms with Gasteiger partial charge in [-0.15, -0.1) is 0 Å². The Morgan fingerprint density at radius 3 is 2.29 bits per heavy atom. The molecule has 4 nitrogen and oxygen atoms in total. The molecule has 1 aliphatic carbocycles. The maximum Gasteiger partial charge on any atom is 0.317 e. The monoisotopic (exact) mass is 466 g/mol. The van der Waals surface area contributed by atoms with Crippen molar-refractivity contribution in [1.29, 1.82) is 0 Å². The molecule has 0 spiro atoms. The van der Waals surface area contributed by atoms with E-state index in [1.54, 1.807) is 12.1 Å². The van der Waals surface area contributed by atoms with Gasteiger partial charge in [0, 0.05) is 18.8 Å². The van der Waals surface area contributed by atoms with Crippen molar-refractivity contribution in [3.63, 3.8) is 0 Å². The summed E-state index contributed by atoms with van der Waals surface area (Å²) in [6.45, 7) is 4.60.